The second-order valence-corrected chi connectivity index (χ2v) is 6.39. The number of halogens is 2. The lowest BCUT2D eigenvalue weighted by molar-refractivity contribution is 0.0930. The van der Waals surface area contributed by atoms with Crippen LogP contribution >= 0.6 is 15.9 Å². The number of hydrogen-bond acceptors (Lipinski definition) is 1. The fraction of sp³-hybridized carbons (Fsp3) is 0.533. The van der Waals surface area contributed by atoms with Gasteiger partial charge in [0.25, 0.3) is 5.91 Å². The van der Waals surface area contributed by atoms with Crippen molar-refractivity contribution in [2.45, 2.75) is 49.9 Å². The largest absolute Gasteiger partial charge is 0.348 e. The molecule has 0 aromatic heterocycles. The number of rotatable bonds is 2. The first-order valence-electron chi connectivity index (χ1n) is 6.79. The summed E-state index contributed by atoms with van der Waals surface area (Å²) in [4.78, 5) is 12.5. The molecule has 4 heteroatoms. The highest BCUT2D eigenvalue weighted by Gasteiger charge is 2.24. The SMILES string of the molecule is Cc1ccc(F)c(C(=O)NC2CCCCCC2Br)c1. The van der Waals surface area contributed by atoms with E-state index in [-0.39, 0.29) is 22.3 Å². The minimum absolute atomic E-state index is 0.0925. The fourth-order valence-electron chi connectivity index (χ4n) is 2.48. The van der Waals surface area contributed by atoms with E-state index in [1.165, 1.54) is 18.9 Å². The number of benzene rings is 1. The van der Waals surface area contributed by atoms with Gasteiger partial charge in [0.2, 0.25) is 0 Å². The third kappa shape index (κ3) is 3.78. The summed E-state index contributed by atoms with van der Waals surface area (Å²) in [6.45, 7) is 1.86. The molecule has 1 aromatic carbocycles. The molecule has 0 aliphatic heterocycles. The first kappa shape index (κ1) is 14.5. The van der Waals surface area contributed by atoms with Crippen molar-refractivity contribution in [1.82, 2.24) is 5.32 Å². The Morgan fingerprint density at radius 1 is 1.32 bits per heavy atom. The van der Waals surface area contributed by atoms with E-state index in [1.54, 1.807) is 12.1 Å². The Balaban J connectivity index is 2.09. The predicted molar refractivity (Wildman–Crippen MR) is 78.2 cm³/mol. The summed E-state index contributed by atoms with van der Waals surface area (Å²) in [6.07, 6.45) is 5.51. The van der Waals surface area contributed by atoms with Gasteiger partial charge in [-0.1, -0.05) is 46.8 Å². The van der Waals surface area contributed by atoms with Crippen LogP contribution in [-0.4, -0.2) is 16.8 Å². The Morgan fingerprint density at radius 3 is 2.84 bits per heavy atom. The molecule has 2 atom stereocenters. The number of carbonyl (C=O) groups is 1. The van der Waals surface area contributed by atoms with E-state index >= 15 is 0 Å². The lowest BCUT2D eigenvalue weighted by Gasteiger charge is -2.21. The molecule has 0 radical (unpaired) electrons. The van der Waals surface area contributed by atoms with Crippen LogP contribution in [0.5, 0.6) is 0 Å². The third-order valence-electron chi connectivity index (χ3n) is 3.61. The van der Waals surface area contributed by atoms with Gasteiger partial charge in [0.15, 0.2) is 0 Å². The van der Waals surface area contributed by atoms with E-state index in [4.69, 9.17) is 0 Å². The van der Waals surface area contributed by atoms with Crippen molar-refractivity contribution >= 4 is 21.8 Å². The zero-order valence-corrected chi connectivity index (χ0v) is 12.7. The van der Waals surface area contributed by atoms with Gasteiger partial charge in [-0.05, 0) is 31.9 Å². The Labute approximate surface area is 121 Å². The van der Waals surface area contributed by atoms with Crippen LogP contribution in [0, 0.1) is 12.7 Å². The molecule has 1 fully saturated rings. The topological polar surface area (TPSA) is 29.1 Å². The summed E-state index contributed by atoms with van der Waals surface area (Å²) in [7, 11) is 0. The molecule has 1 saturated carbocycles. The molecule has 2 rings (SSSR count). The van der Waals surface area contributed by atoms with Crippen molar-refractivity contribution < 1.29 is 9.18 Å². The molecule has 1 aliphatic rings. The Kier molecular flexibility index (Phi) is 4.97. The summed E-state index contributed by atoms with van der Waals surface area (Å²) < 4.78 is 13.7. The van der Waals surface area contributed by atoms with Gasteiger partial charge in [-0.3, -0.25) is 4.79 Å². The molecule has 0 saturated heterocycles. The van der Waals surface area contributed by atoms with E-state index in [9.17, 15) is 9.18 Å². The molecule has 104 valence electrons. The van der Waals surface area contributed by atoms with E-state index in [0.29, 0.717) is 0 Å². The first-order valence-corrected chi connectivity index (χ1v) is 7.70. The third-order valence-corrected chi connectivity index (χ3v) is 4.71. The van der Waals surface area contributed by atoms with Crippen LogP contribution in [0.3, 0.4) is 0 Å². The molecule has 1 amide bonds. The summed E-state index contributed by atoms with van der Waals surface area (Å²) in [5.41, 5.74) is 1.03. The van der Waals surface area contributed by atoms with E-state index in [2.05, 4.69) is 21.2 Å². The van der Waals surface area contributed by atoms with Gasteiger partial charge in [-0.2, -0.15) is 0 Å². The monoisotopic (exact) mass is 327 g/mol. The van der Waals surface area contributed by atoms with Crippen LogP contribution in [0.1, 0.15) is 48.0 Å². The Morgan fingerprint density at radius 2 is 2.05 bits per heavy atom. The molecule has 0 spiro atoms. The van der Waals surface area contributed by atoms with Crippen LogP contribution in [0.25, 0.3) is 0 Å². The highest BCUT2D eigenvalue weighted by atomic mass is 79.9. The number of amides is 1. The van der Waals surface area contributed by atoms with E-state index in [1.807, 2.05) is 6.92 Å². The quantitative estimate of drug-likeness (QED) is 0.646. The molecule has 1 aliphatic carbocycles. The van der Waals surface area contributed by atoms with Crippen LogP contribution in [0.2, 0.25) is 0 Å². The van der Waals surface area contributed by atoms with Gasteiger partial charge in [-0.25, -0.2) is 4.39 Å². The molecule has 2 unspecified atom stereocenters. The smallest absolute Gasteiger partial charge is 0.254 e. The zero-order chi connectivity index (χ0) is 13.8. The molecule has 1 aromatic rings. The van der Waals surface area contributed by atoms with Crippen molar-refractivity contribution in [1.29, 1.82) is 0 Å². The first-order chi connectivity index (χ1) is 9.08. The van der Waals surface area contributed by atoms with Crippen LogP contribution in [0.15, 0.2) is 18.2 Å². The van der Waals surface area contributed by atoms with Crippen LogP contribution in [0.4, 0.5) is 4.39 Å². The zero-order valence-electron chi connectivity index (χ0n) is 11.1. The van der Waals surface area contributed by atoms with Crippen molar-refractivity contribution in [3.05, 3.63) is 35.1 Å². The molecule has 1 N–H and O–H groups in total. The van der Waals surface area contributed by atoms with Crippen molar-refractivity contribution in [2.75, 3.05) is 0 Å². The summed E-state index contributed by atoms with van der Waals surface area (Å²) >= 11 is 3.63. The van der Waals surface area contributed by atoms with Gasteiger partial charge in [-0.15, -0.1) is 0 Å². The van der Waals surface area contributed by atoms with Gasteiger partial charge < -0.3 is 5.32 Å². The Bertz CT molecular complexity index is 463. The van der Waals surface area contributed by atoms with Crippen LogP contribution in [-0.2, 0) is 0 Å². The van der Waals surface area contributed by atoms with Gasteiger partial charge in [0.1, 0.15) is 5.82 Å². The average molecular weight is 328 g/mol. The lowest BCUT2D eigenvalue weighted by Crippen LogP contribution is -2.40. The molecule has 0 heterocycles. The minimum Gasteiger partial charge on any atom is -0.348 e. The highest BCUT2D eigenvalue weighted by molar-refractivity contribution is 9.09. The van der Waals surface area contributed by atoms with Gasteiger partial charge in [0, 0.05) is 10.9 Å². The minimum atomic E-state index is -0.456. The number of carbonyl (C=O) groups excluding carboxylic acids is 1. The molecular formula is C15H19BrFNO. The second-order valence-electron chi connectivity index (χ2n) is 5.22. The fourth-order valence-corrected chi connectivity index (χ4v) is 3.20. The van der Waals surface area contributed by atoms with E-state index < -0.39 is 5.82 Å². The number of hydrogen-bond donors (Lipinski definition) is 1. The lowest BCUT2D eigenvalue weighted by atomic mass is 10.1. The van der Waals surface area contributed by atoms with Crippen molar-refractivity contribution in [2.24, 2.45) is 0 Å². The van der Waals surface area contributed by atoms with Crippen molar-refractivity contribution in [3.63, 3.8) is 0 Å². The molecule has 0 bridgehead atoms. The second kappa shape index (κ2) is 6.51. The summed E-state index contributed by atoms with van der Waals surface area (Å²) in [6, 6.07) is 4.72. The van der Waals surface area contributed by atoms with E-state index in [0.717, 1.165) is 24.8 Å². The normalized spacial score (nSPS) is 23.7. The Hall–Kier alpha value is -0.900. The molecule has 2 nitrogen and oxygen atoms in total. The molecule has 19 heavy (non-hydrogen) atoms. The number of aryl methyl sites for hydroxylation is 1. The van der Waals surface area contributed by atoms with Crippen LogP contribution < -0.4 is 5.32 Å². The van der Waals surface area contributed by atoms with Gasteiger partial charge in [0.05, 0.1) is 5.56 Å². The number of alkyl halides is 1. The summed E-state index contributed by atoms with van der Waals surface area (Å²) in [5, 5.41) is 2.97. The maximum Gasteiger partial charge on any atom is 0.254 e. The maximum absolute atomic E-state index is 13.7. The van der Waals surface area contributed by atoms with Gasteiger partial charge >= 0.3 is 0 Å². The summed E-state index contributed by atoms with van der Waals surface area (Å²) in [5.74, 6) is -0.764. The number of nitrogens with one attached hydrogen (secondary N) is 1. The predicted octanol–water partition coefficient (Wildman–Crippen LogP) is 3.96. The maximum atomic E-state index is 13.7. The van der Waals surface area contributed by atoms with Crippen molar-refractivity contribution in [3.8, 4) is 0 Å². The average Bonchev–Trinajstić information content (AvgIpc) is 2.58. The standard InChI is InChI=1S/C15H19BrFNO/c1-10-7-8-13(17)11(9-10)15(19)18-14-6-4-2-3-5-12(14)16/h7-9,12,14H,2-6H2,1H3,(H,18,19). The molecular weight excluding hydrogens is 309 g/mol. The highest BCUT2D eigenvalue weighted by Crippen LogP contribution is 2.24.